The second kappa shape index (κ2) is 8.36. The molecule has 0 saturated heterocycles. The van der Waals surface area contributed by atoms with E-state index in [0.717, 1.165) is 37.7 Å². The highest BCUT2D eigenvalue weighted by Gasteiger charge is 2.24. The Morgan fingerprint density at radius 1 is 1.17 bits per heavy atom. The van der Waals surface area contributed by atoms with Crippen LogP contribution in [0.1, 0.15) is 48.0 Å². The fraction of sp³-hybridized carbons (Fsp3) is 0.318. The summed E-state index contributed by atoms with van der Waals surface area (Å²) in [6.45, 7) is 0.217. The molecule has 1 aliphatic carbocycles. The summed E-state index contributed by atoms with van der Waals surface area (Å²) >= 11 is 5.99. The van der Waals surface area contributed by atoms with Gasteiger partial charge in [0, 0.05) is 23.6 Å². The molecule has 0 amide bonds. The first kappa shape index (κ1) is 20.2. The zero-order valence-corrected chi connectivity index (χ0v) is 17.0. The van der Waals surface area contributed by atoms with Crippen molar-refractivity contribution in [1.29, 1.82) is 0 Å². The number of rotatable bonds is 4. The molecule has 8 heteroatoms. The predicted molar refractivity (Wildman–Crippen MR) is 112 cm³/mol. The number of benzene rings is 1. The van der Waals surface area contributed by atoms with Crippen molar-refractivity contribution in [2.45, 2.75) is 44.8 Å². The van der Waals surface area contributed by atoms with Crippen LogP contribution in [0.5, 0.6) is 5.75 Å². The van der Waals surface area contributed by atoms with E-state index in [2.05, 4.69) is 0 Å². The van der Waals surface area contributed by atoms with Crippen LogP contribution in [0, 0.1) is 0 Å². The largest absolute Gasteiger partial charge is 0.503 e. The number of aromatic nitrogens is 2. The first-order chi connectivity index (χ1) is 14.4. The van der Waals surface area contributed by atoms with Crippen LogP contribution in [0.3, 0.4) is 0 Å². The van der Waals surface area contributed by atoms with Crippen molar-refractivity contribution in [3.05, 3.63) is 79.6 Å². The Labute approximate surface area is 177 Å². The van der Waals surface area contributed by atoms with Crippen molar-refractivity contribution in [2.24, 2.45) is 0 Å². The highest BCUT2D eigenvalue weighted by atomic mass is 35.5. The van der Waals surface area contributed by atoms with Crippen molar-refractivity contribution in [2.75, 3.05) is 0 Å². The van der Waals surface area contributed by atoms with Crippen molar-refractivity contribution in [3.8, 4) is 5.75 Å². The monoisotopic (exact) mass is 428 g/mol. The summed E-state index contributed by atoms with van der Waals surface area (Å²) in [4.78, 5) is 38.0. The Hall–Kier alpha value is -3.06. The standard InChI is InChI=1S/C22H21ClN2O5/c23-15-6-4-5-14(11-15)12-25-10-9-24-13-17(19(26)20(27)18(24)21(25)28)22(29)30-16-7-2-1-3-8-16/h4-6,9-11,13,16,27H,1-3,7-8,12H2. The molecular formula is C22H21ClN2O5. The molecule has 3 aromatic rings. The minimum Gasteiger partial charge on any atom is -0.503 e. The third kappa shape index (κ3) is 3.98. The van der Waals surface area contributed by atoms with Gasteiger partial charge < -0.3 is 18.8 Å². The summed E-state index contributed by atoms with van der Waals surface area (Å²) in [6.07, 6.45) is 8.65. The first-order valence-electron chi connectivity index (χ1n) is 9.87. The summed E-state index contributed by atoms with van der Waals surface area (Å²) in [5.74, 6) is -1.54. The molecule has 1 aliphatic rings. The minimum absolute atomic E-state index is 0.196. The lowest BCUT2D eigenvalue weighted by Crippen LogP contribution is -2.28. The second-order valence-corrected chi connectivity index (χ2v) is 7.94. The third-order valence-electron chi connectivity index (χ3n) is 5.37. The van der Waals surface area contributed by atoms with E-state index in [1.807, 2.05) is 6.07 Å². The van der Waals surface area contributed by atoms with E-state index in [0.29, 0.717) is 5.02 Å². The summed E-state index contributed by atoms with van der Waals surface area (Å²) in [5.41, 5.74) is -1.16. The molecule has 156 valence electrons. The number of carbonyl (C=O) groups is 1. The maximum absolute atomic E-state index is 12.9. The highest BCUT2D eigenvalue weighted by Crippen LogP contribution is 2.21. The van der Waals surface area contributed by atoms with Gasteiger partial charge in [0.2, 0.25) is 5.43 Å². The van der Waals surface area contributed by atoms with Gasteiger partial charge in [0.25, 0.3) is 5.56 Å². The molecule has 2 heterocycles. The molecule has 1 fully saturated rings. The number of esters is 1. The number of fused-ring (bicyclic) bond motifs is 1. The summed E-state index contributed by atoms with van der Waals surface area (Å²) in [5, 5.41) is 11.0. The Balaban J connectivity index is 1.70. The van der Waals surface area contributed by atoms with Crippen LogP contribution in [0.2, 0.25) is 5.02 Å². The van der Waals surface area contributed by atoms with Crippen LogP contribution >= 0.6 is 11.6 Å². The molecule has 7 nitrogen and oxygen atoms in total. The quantitative estimate of drug-likeness (QED) is 0.643. The fourth-order valence-electron chi connectivity index (χ4n) is 3.80. The molecular weight excluding hydrogens is 408 g/mol. The van der Waals surface area contributed by atoms with E-state index in [9.17, 15) is 19.5 Å². The summed E-state index contributed by atoms with van der Waals surface area (Å²) in [6, 6.07) is 7.05. The van der Waals surface area contributed by atoms with Gasteiger partial charge in [-0.2, -0.15) is 0 Å². The first-order valence-corrected chi connectivity index (χ1v) is 10.2. The molecule has 0 atom stereocenters. The van der Waals surface area contributed by atoms with Gasteiger partial charge in [-0.15, -0.1) is 0 Å². The smallest absolute Gasteiger partial charge is 0.344 e. The molecule has 0 radical (unpaired) electrons. The molecule has 2 aromatic heterocycles. The van der Waals surface area contributed by atoms with Crippen LogP contribution in [0.25, 0.3) is 5.52 Å². The van der Waals surface area contributed by atoms with Crippen LogP contribution in [0.15, 0.2) is 52.4 Å². The van der Waals surface area contributed by atoms with Crippen LogP contribution in [-0.4, -0.2) is 26.1 Å². The van der Waals surface area contributed by atoms with Crippen LogP contribution < -0.4 is 11.0 Å². The van der Waals surface area contributed by atoms with Gasteiger partial charge in [-0.3, -0.25) is 9.59 Å². The zero-order valence-electron chi connectivity index (χ0n) is 16.2. The number of carbonyl (C=O) groups excluding carboxylic acids is 1. The van der Waals surface area contributed by atoms with Crippen molar-refractivity contribution in [3.63, 3.8) is 0 Å². The number of halogens is 1. The molecule has 4 rings (SSSR count). The lowest BCUT2D eigenvalue weighted by Gasteiger charge is -2.21. The van der Waals surface area contributed by atoms with Gasteiger partial charge in [0.15, 0.2) is 11.3 Å². The van der Waals surface area contributed by atoms with E-state index in [-0.39, 0.29) is 23.7 Å². The maximum Gasteiger partial charge on any atom is 0.344 e. The normalized spacial score (nSPS) is 14.7. The summed E-state index contributed by atoms with van der Waals surface area (Å²) in [7, 11) is 0. The van der Waals surface area contributed by atoms with E-state index < -0.39 is 22.7 Å². The molecule has 0 unspecified atom stereocenters. The minimum atomic E-state index is -0.909. The second-order valence-electron chi connectivity index (χ2n) is 7.50. The Morgan fingerprint density at radius 2 is 1.93 bits per heavy atom. The lowest BCUT2D eigenvalue weighted by atomic mass is 9.98. The highest BCUT2D eigenvalue weighted by molar-refractivity contribution is 6.30. The van der Waals surface area contributed by atoms with Crippen molar-refractivity contribution in [1.82, 2.24) is 8.97 Å². The van der Waals surface area contributed by atoms with Crippen molar-refractivity contribution >= 4 is 23.1 Å². The molecule has 1 aromatic carbocycles. The molecule has 0 aliphatic heterocycles. The van der Waals surface area contributed by atoms with E-state index >= 15 is 0 Å². The maximum atomic E-state index is 12.9. The van der Waals surface area contributed by atoms with Gasteiger partial charge >= 0.3 is 5.97 Å². The number of aromatic hydroxyl groups is 1. The fourth-order valence-corrected chi connectivity index (χ4v) is 4.02. The zero-order chi connectivity index (χ0) is 21.3. The molecule has 1 N–H and O–H groups in total. The number of ether oxygens (including phenoxy) is 1. The molecule has 30 heavy (non-hydrogen) atoms. The van der Waals surface area contributed by atoms with E-state index in [1.165, 1.54) is 27.6 Å². The Kier molecular flexibility index (Phi) is 5.63. The average molecular weight is 429 g/mol. The predicted octanol–water partition coefficient (Wildman–Crippen LogP) is 3.36. The van der Waals surface area contributed by atoms with Gasteiger partial charge in [0.05, 0.1) is 6.54 Å². The Bertz CT molecular complexity index is 1220. The number of hydrogen-bond donors (Lipinski definition) is 1. The molecule has 1 saturated carbocycles. The Morgan fingerprint density at radius 3 is 2.67 bits per heavy atom. The molecule has 0 bridgehead atoms. The van der Waals surface area contributed by atoms with Crippen LogP contribution in [0.4, 0.5) is 0 Å². The van der Waals surface area contributed by atoms with E-state index in [4.69, 9.17) is 16.3 Å². The molecule has 0 spiro atoms. The SMILES string of the molecule is O=C(OC1CCCCC1)c1cn2ccn(Cc3cccc(Cl)c3)c(=O)c2c(O)c1=O. The average Bonchev–Trinajstić information content (AvgIpc) is 2.73. The lowest BCUT2D eigenvalue weighted by molar-refractivity contribution is 0.0208. The number of hydrogen-bond acceptors (Lipinski definition) is 5. The number of nitrogens with zero attached hydrogens (tertiary/aromatic N) is 2. The van der Waals surface area contributed by atoms with E-state index in [1.54, 1.807) is 18.2 Å². The van der Waals surface area contributed by atoms with Gasteiger partial charge in [-0.25, -0.2) is 4.79 Å². The summed E-state index contributed by atoms with van der Waals surface area (Å²) < 4.78 is 8.09. The topological polar surface area (TPSA) is 90.0 Å². The number of pyridine rings is 1. The van der Waals surface area contributed by atoms with Crippen LogP contribution in [-0.2, 0) is 11.3 Å². The van der Waals surface area contributed by atoms with Gasteiger partial charge in [-0.1, -0.05) is 30.2 Å². The van der Waals surface area contributed by atoms with Gasteiger partial charge in [0.1, 0.15) is 11.7 Å². The van der Waals surface area contributed by atoms with Crippen molar-refractivity contribution < 1.29 is 14.6 Å². The third-order valence-corrected chi connectivity index (χ3v) is 5.60. The van der Waals surface area contributed by atoms with Gasteiger partial charge in [-0.05, 0) is 43.4 Å².